The summed E-state index contributed by atoms with van der Waals surface area (Å²) in [5, 5.41) is 5.13. The van der Waals surface area contributed by atoms with Crippen LogP contribution in [0.5, 0.6) is 0 Å². The van der Waals surface area contributed by atoms with Crippen LogP contribution >= 0.6 is 11.3 Å². The van der Waals surface area contributed by atoms with Crippen LogP contribution in [-0.4, -0.2) is 40.8 Å². The van der Waals surface area contributed by atoms with E-state index in [-0.39, 0.29) is 17.9 Å². The molecule has 2 aliphatic rings. The molecule has 1 N–H and O–H groups in total. The maximum atomic E-state index is 12.4. The maximum absolute atomic E-state index is 12.4. The van der Waals surface area contributed by atoms with Crippen LogP contribution in [0.25, 0.3) is 0 Å². The monoisotopic (exact) mass is 321 g/mol. The van der Waals surface area contributed by atoms with Gasteiger partial charge in [0.05, 0.1) is 0 Å². The second-order valence-corrected chi connectivity index (χ2v) is 7.33. The third-order valence-electron chi connectivity index (χ3n) is 4.68. The van der Waals surface area contributed by atoms with Gasteiger partial charge in [-0.05, 0) is 31.6 Å². The molecule has 0 radical (unpaired) electrons. The van der Waals surface area contributed by atoms with E-state index in [0.29, 0.717) is 16.6 Å². The van der Waals surface area contributed by atoms with Gasteiger partial charge in [0.2, 0.25) is 0 Å². The zero-order valence-corrected chi connectivity index (χ0v) is 13.8. The molecule has 1 aliphatic carbocycles. The lowest BCUT2D eigenvalue weighted by atomic mass is 9.99. The molecule has 2 heterocycles. The number of thiazole rings is 1. The molecule has 0 bridgehead atoms. The van der Waals surface area contributed by atoms with Crippen molar-refractivity contribution in [1.82, 2.24) is 15.2 Å². The van der Waals surface area contributed by atoms with Crippen LogP contribution in [0.3, 0.4) is 0 Å². The van der Waals surface area contributed by atoms with Crippen molar-refractivity contribution in [1.29, 1.82) is 0 Å². The Labute approximate surface area is 135 Å². The molecule has 22 heavy (non-hydrogen) atoms. The molecule has 1 aromatic heterocycles. The smallest absolute Gasteiger partial charge is 0.280 e. The van der Waals surface area contributed by atoms with E-state index in [9.17, 15) is 9.59 Å². The van der Waals surface area contributed by atoms with Gasteiger partial charge in [0, 0.05) is 24.5 Å². The van der Waals surface area contributed by atoms with Crippen molar-refractivity contribution >= 4 is 23.2 Å². The van der Waals surface area contributed by atoms with E-state index in [2.05, 4.69) is 17.2 Å². The lowest BCUT2D eigenvalue weighted by Crippen LogP contribution is -2.38. The molecular formula is C16H23N3O2S. The van der Waals surface area contributed by atoms with Gasteiger partial charge >= 0.3 is 0 Å². The Morgan fingerprint density at radius 2 is 1.91 bits per heavy atom. The van der Waals surface area contributed by atoms with E-state index in [0.717, 1.165) is 38.8 Å². The molecule has 1 aromatic rings. The van der Waals surface area contributed by atoms with Crippen LogP contribution in [0.1, 0.15) is 65.7 Å². The Balaban J connectivity index is 1.60. The minimum absolute atomic E-state index is 0.0388. The number of nitrogens with one attached hydrogen (secondary N) is 1. The second kappa shape index (κ2) is 6.77. The van der Waals surface area contributed by atoms with Crippen LogP contribution < -0.4 is 5.32 Å². The molecule has 0 unspecified atom stereocenters. The van der Waals surface area contributed by atoms with Crippen molar-refractivity contribution in [2.75, 3.05) is 13.1 Å². The molecule has 1 saturated heterocycles. The Morgan fingerprint density at radius 1 is 1.23 bits per heavy atom. The summed E-state index contributed by atoms with van der Waals surface area (Å²) >= 11 is 1.26. The highest BCUT2D eigenvalue weighted by Gasteiger charge is 2.25. The Kier molecular flexibility index (Phi) is 4.76. The number of amides is 2. The molecule has 6 heteroatoms. The largest absolute Gasteiger partial charge is 0.347 e. The molecule has 0 atom stereocenters. The zero-order valence-electron chi connectivity index (χ0n) is 13.0. The molecule has 1 aliphatic heterocycles. The van der Waals surface area contributed by atoms with E-state index >= 15 is 0 Å². The van der Waals surface area contributed by atoms with Gasteiger partial charge in [-0.15, -0.1) is 11.3 Å². The fourth-order valence-corrected chi connectivity index (χ4v) is 3.86. The fourth-order valence-electron chi connectivity index (χ4n) is 3.17. The highest BCUT2D eigenvalue weighted by atomic mass is 32.1. The number of likely N-dealkylation sites (tertiary alicyclic amines) is 1. The maximum Gasteiger partial charge on any atom is 0.280 e. The summed E-state index contributed by atoms with van der Waals surface area (Å²) in [4.78, 5) is 30.7. The van der Waals surface area contributed by atoms with Gasteiger partial charge in [-0.2, -0.15) is 0 Å². The number of carbonyl (C=O) groups is 2. The van der Waals surface area contributed by atoms with Crippen molar-refractivity contribution in [3.8, 4) is 0 Å². The molecule has 2 fully saturated rings. The van der Waals surface area contributed by atoms with Crippen LogP contribution in [-0.2, 0) is 0 Å². The van der Waals surface area contributed by atoms with Crippen molar-refractivity contribution in [3.05, 3.63) is 16.1 Å². The summed E-state index contributed by atoms with van der Waals surface area (Å²) in [5.74, 6) is 0.513. The predicted molar refractivity (Wildman–Crippen MR) is 86.1 cm³/mol. The Hall–Kier alpha value is -1.43. The topological polar surface area (TPSA) is 62.3 Å². The van der Waals surface area contributed by atoms with Crippen LogP contribution in [0.2, 0.25) is 0 Å². The first-order valence-electron chi connectivity index (χ1n) is 8.19. The number of hydrogen-bond donors (Lipinski definition) is 1. The molecule has 2 amide bonds. The molecular weight excluding hydrogens is 298 g/mol. The second-order valence-electron chi connectivity index (χ2n) is 6.47. The zero-order chi connectivity index (χ0) is 15.5. The van der Waals surface area contributed by atoms with E-state index in [4.69, 9.17) is 0 Å². The van der Waals surface area contributed by atoms with Gasteiger partial charge in [-0.25, -0.2) is 4.98 Å². The predicted octanol–water partition coefficient (Wildman–Crippen LogP) is 2.69. The van der Waals surface area contributed by atoms with Crippen molar-refractivity contribution < 1.29 is 9.59 Å². The first-order chi connectivity index (χ1) is 10.6. The highest BCUT2D eigenvalue weighted by molar-refractivity contribution is 7.11. The quantitative estimate of drug-likeness (QED) is 0.931. The van der Waals surface area contributed by atoms with Gasteiger partial charge in [0.1, 0.15) is 5.69 Å². The number of nitrogens with zero attached hydrogens (tertiary/aromatic N) is 2. The summed E-state index contributed by atoms with van der Waals surface area (Å²) in [7, 11) is 0. The van der Waals surface area contributed by atoms with Gasteiger partial charge in [-0.1, -0.05) is 19.8 Å². The first-order valence-corrected chi connectivity index (χ1v) is 9.07. The lowest BCUT2D eigenvalue weighted by molar-refractivity contribution is 0.0692. The van der Waals surface area contributed by atoms with Gasteiger partial charge in [0.15, 0.2) is 5.01 Å². The minimum Gasteiger partial charge on any atom is -0.347 e. The third kappa shape index (κ3) is 3.48. The lowest BCUT2D eigenvalue weighted by Gasteiger charge is -2.29. The Bertz CT molecular complexity index is 543. The van der Waals surface area contributed by atoms with Gasteiger partial charge < -0.3 is 10.2 Å². The number of hydrogen-bond acceptors (Lipinski definition) is 4. The summed E-state index contributed by atoms with van der Waals surface area (Å²) in [6, 6.07) is 0.277. The minimum atomic E-state index is -0.136. The molecule has 3 rings (SSSR count). The molecule has 0 spiro atoms. The third-order valence-corrected chi connectivity index (χ3v) is 5.52. The fraction of sp³-hybridized carbons (Fsp3) is 0.688. The SMILES string of the molecule is CC1CCN(C(=O)c2csc(C(=O)NC3CCCC3)n2)CC1. The van der Waals surface area contributed by atoms with E-state index < -0.39 is 0 Å². The Morgan fingerprint density at radius 3 is 2.59 bits per heavy atom. The number of aromatic nitrogens is 1. The standard InChI is InChI=1S/C16H23N3O2S/c1-11-6-8-19(9-7-11)16(21)13-10-22-15(18-13)14(20)17-12-4-2-3-5-12/h10-12H,2-9H2,1H3,(H,17,20). The number of carbonyl (C=O) groups excluding carboxylic acids is 2. The highest BCUT2D eigenvalue weighted by Crippen LogP contribution is 2.21. The van der Waals surface area contributed by atoms with Crippen LogP contribution in [0, 0.1) is 5.92 Å². The van der Waals surface area contributed by atoms with Crippen LogP contribution in [0.15, 0.2) is 5.38 Å². The van der Waals surface area contributed by atoms with E-state index in [1.165, 1.54) is 24.2 Å². The van der Waals surface area contributed by atoms with Crippen molar-refractivity contribution in [3.63, 3.8) is 0 Å². The normalized spacial score (nSPS) is 20.3. The summed E-state index contributed by atoms with van der Waals surface area (Å²) in [5.41, 5.74) is 0.413. The number of piperidine rings is 1. The summed E-state index contributed by atoms with van der Waals surface area (Å²) in [6.07, 6.45) is 6.55. The van der Waals surface area contributed by atoms with Crippen molar-refractivity contribution in [2.24, 2.45) is 5.92 Å². The average molecular weight is 321 g/mol. The summed E-state index contributed by atoms with van der Waals surface area (Å²) < 4.78 is 0. The number of rotatable bonds is 3. The molecule has 5 nitrogen and oxygen atoms in total. The van der Waals surface area contributed by atoms with E-state index in [1.54, 1.807) is 5.38 Å². The molecule has 1 saturated carbocycles. The summed E-state index contributed by atoms with van der Waals surface area (Å²) in [6.45, 7) is 3.80. The van der Waals surface area contributed by atoms with Gasteiger partial charge in [-0.3, -0.25) is 9.59 Å². The van der Waals surface area contributed by atoms with Crippen LogP contribution in [0.4, 0.5) is 0 Å². The molecule has 120 valence electrons. The van der Waals surface area contributed by atoms with Gasteiger partial charge in [0.25, 0.3) is 11.8 Å². The van der Waals surface area contributed by atoms with Crippen molar-refractivity contribution in [2.45, 2.75) is 51.5 Å². The van der Waals surface area contributed by atoms with E-state index in [1.807, 2.05) is 4.90 Å². The average Bonchev–Trinajstić information content (AvgIpc) is 3.18. The first kappa shape index (κ1) is 15.5. The molecule has 0 aromatic carbocycles.